The van der Waals surface area contributed by atoms with E-state index < -0.39 is 11.6 Å². The maximum absolute atomic E-state index is 12.3. The quantitative estimate of drug-likeness (QED) is 0.706. The Morgan fingerprint density at radius 3 is 2.80 bits per heavy atom. The van der Waals surface area contributed by atoms with Gasteiger partial charge in [-0.15, -0.1) is 0 Å². The van der Waals surface area contributed by atoms with Gasteiger partial charge in [0.25, 0.3) is 5.91 Å². The summed E-state index contributed by atoms with van der Waals surface area (Å²) in [6.45, 7) is 0.443. The van der Waals surface area contributed by atoms with E-state index in [0.29, 0.717) is 24.6 Å². The van der Waals surface area contributed by atoms with E-state index in [1.807, 2.05) is 0 Å². The zero-order valence-electron chi connectivity index (χ0n) is 11.0. The van der Waals surface area contributed by atoms with Crippen LogP contribution in [0, 0.1) is 0 Å². The monoisotopic (exact) mass is 296 g/mol. The van der Waals surface area contributed by atoms with Gasteiger partial charge in [0.05, 0.1) is 6.54 Å². The Morgan fingerprint density at radius 2 is 2.15 bits per heavy atom. The number of thioether (sulfide) groups is 1. The topological polar surface area (TPSA) is 90.9 Å². The first kappa shape index (κ1) is 13.4. The highest BCUT2D eigenvalue weighted by Crippen LogP contribution is 2.34. The molecule has 2 aliphatic heterocycles. The minimum absolute atomic E-state index is 0.244. The van der Waals surface area contributed by atoms with Crippen LogP contribution in [-0.2, 0) is 9.59 Å². The summed E-state index contributed by atoms with van der Waals surface area (Å²) >= 11 is 1.46. The van der Waals surface area contributed by atoms with Gasteiger partial charge in [0.1, 0.15) is 12.1 Å². The van der Waals surface area contributed by atoms with E-state index in [2.05, 4.69) is 15.6 Å². The van der Waals surface area contributed by atoms with Crippen LogP contribution in [0.2, 0.25) is 0 Å². The highest BCUT2D eigenvalue weighted by atomic mass is 32.2. The zero-order valence-corrected chi connectivity index (χ0v) is 11.8. The van der Waals surface area contributed by atoms with Gasteiger partial charge in [-0.1, -0.05) is 24.6 Å². The minimum atomic E-state index is -0.753. The summed E-state index contributed by atoms with van der Waals surface area (Å²) in [7, 11) is 0. The van der Waals surface area contributed by atoms with Crippen molar-refractivity contribution in [2.45, 2.75) is 31.2 Å². The second-order valence-corrected chi connectivity index (χ2v) is 6.28. The van der Waals surface area contributed by atoms with Gasteiger partial charge in [0, 0.05) is 5.75 Å². The Hall–Kier alpha value is -1.57. The van der Waals surface area contributed by atoms with Gasteiger partial charge in [-0.3, -0.25) is 19.5 Å². The zero-order chi connectivity index (χ0) is 14.2. The molecule has 0 aromatic rings. The fourth-order valence-electron chi connectivity index (χ4n) is 2.85. The van der Waals surface area contributed by atoms with Gasteiger partial charge >= 0.3 is 6.03 Å². The maximum Gasteiger partial charge on any atom is 0.325 e. The predicted octanol–water partition coefficient (Wildman–Crippen LogP) is 0.0700. The lowest BCUT2D eigenvalue weighted by atomic mass is 9.98. The molecular formula is C12H16N4O3S. The van der Waals surface area contributed by atoms with E-state index in [1.165, 1.54) is 11.8 Å². The summed E-state index contributed by atoms with van der Waals surface area (Å²) in [4.78, 5) is 41.2. The molecule has 2 N–H and O–H groups in total. The van der Waals surface area contributed by atoms with Crippen LogP contribution in [0.25, 0.3) is 0 Å². The summed E-state index contributed by atoms with van der Waals surface area (Å²) in [5.74, 6) is 0.204. The Labute approximate surface area is 120 Å². The Balaban J connectivity index is 1.63. The summed E-state index contributed by atoms with van der Waals surface area (Å²) in [5, 5.41) is 5.94. The molecule has 0 radical (unpaired) electrons. The van der Waals surface area contributed by atoms with Gasteiger partial charge in [-0.05, 0) is 12.8 Å². The molecule has 0 bridgehead atoms. The van der Waals surface area contributed by atoms with E-state index in [-0.39, 0.29) is 18.4 Å². The molecule has 2 heterocycles. The molecule has 1 spiro atoms. The van der Waals surface area contributed by atoms with Crippen LogP contribution in [0.5, 0.6) is 0 Å². The summed E-state index contributed by atoms with van der Waals surface area (Å²) in [6.07, 6.45) is 3.19. The van der Waals surface area contributed by atoms with E-state index in [4.69, 9.17) is 0 Å². The van der Waals surface area contributed by atoms with Crippen molar-refractivity contribution in [1.82, 2.24) is 15.5 Å². The van der Waals surface area contributed by atoms with Gasteiger partial charge in [-0.25, -0.2) is 4.79 Å². The molecule has 8 heteroatoms. The van der Waals surface area contributed by atoms with Crippen molar-refractivity contribution in [2.24, 2.45) is 4.99 Å². The molecule has 3 rings (SSSR count). The first-order valence-corrected chi connectivity index (χ1v) is 7.70. The van der Waals surface area contributed by atoms with Gasteiger partial charge in [0.2, 0.25) is 5.91 Å². The van der Waals surface area contributed by atoms with E-state index >= 15 is 0 Å². The van der Waals surface area contributed by atoms with Crippen LogP contribution >= 0.6 is 11.8 Å². The lowest BCUT2D eigenvalue weighted by Gasteiger charge is -2.19. The van der Waals surface area contributed by atoms with Crippen LogP contribution in [-0.4, -0.2) is 52.3 Å². The minimum Gasteiger partial charge on any atom is -0.323 e. The van der Waals surface area contributed by atoms with Gasteiger partial charge < -0.3 is 10.6 Å². The SMILES string of the molecule is O=C(CN1C(=O)NC2(CCCC2)C1=O)NC1=NCCS1. The van der Waals surface area contributed by atoms with Crippen LogP contribution in [0.3, 0.4) is 0 Å². The molecule has 0 atom stereocenters. The standard InChI is InChI=1S/C12H16N4O3S/c17-8(14-10-13-5-6-20-10)7-16-9(18)12(15-11(16)19)3-1-2-4-12/h1-7H2,(H,15,19)(H,13,14,17). The van der Waals surface area contributed by atoms with Crippen molar-refractivity contribution < 1.29 is 14.4 Å². The summed E-state index contributed by atoms with van der Waals surface area (Å²) in [6, 6.07) is -0.465. The number of urea groups is 1. The number of nitrogens with zero attached hydrogens (tertiary/aromatic N) is 2. The highest BCUT2D eigenvalue weighted by molar-refractivity contribution is 8.14. The molecule has 108 valence electrons. The fraction of sp³-hybridized carbons (Fsp3) is 0.667. The van der Waals surface area contributed by atoms with Crippen molar-refractivity contribution >= 4 is 34.8 Å². The van der Waals surface area contributed by atoms with E-state index in [1.54, 1.807) is 0 Å². The van der Waals surface area contributed by atoms with Crippen molar-refractivity contribution in [3.8, 4) is 0 Å². The Morgan fingerprint density at radius 1 is 1.40 bits per heavy atom. The molecule has 1 saturated heterocycles. The fourth-order valence-corrected chi connectivity index (χ4v) is 3.59. The first-order chi connectivity index (χ1) is 9.61. The first-order valence-electron chi connectivity index (χ1n) is 6.72. The number of hydrogen-bond donors (Lipinski definition) is 2. The maximum atomic E-state index is 12.3. The van der Waals surface area contributed by atoms with Crippen LogP contribution < -0.4 is 10.6 Å². The number of nitrogens with one attached hydrogen (secondary N) is 2. The molecular weight excluding hydrogens is 280 g/mol. The number of imide groups is 1. The number of amides is 4. The molecule has 3 aliphatic rings. The van der Waals surface area contributed by atoms with Crippen molar-refractivity contribution in [3.63, 3.8) is 0 Å². The predicted molar refractivity (Wildman–Crippen MR) is 74.3 cm³/mol. The summed E-state index contributed by atoms with van der Waals surface area (Å²) in [5.41, 5.74) is -0.753. The highest BCUT2D eigenvalue weighted by Gasteiger charge is 2.52. The third-order valence-corrected chi connectivity index (χ3v) is 4.73. The number of aliphatic imine (C=N–C) groups is 1. The van der Waals surface area contributed by atoms with Crippen molar-refractivity contribution in [3.05, 3.63) is 0 Å². The molecule has 20 heavy (non-hydrogen) atoms. The number of carbonyl (C=O) groups is 3. The van der Waals surface area contributed by atoms with Gasteiger partial charge in [-0.2, -0.15) is 0 Å². The average molecular weight is 296 g/mol. The molecule has 0 unspecified atom stereocenters. The molecule has 7 nitrogen and oxygen atoms in total. The third-order valence-electron chi connectivity index (χ3n) is 3.84. The lowest BCUT2D eigenvalue weighted by molar-refractivity contribution is -0.134. The Bertz CT molecular complexity index is 499. The largest absolute Gasteiger partial charge is 0.325 e. The molecule has 4 amide bonds. The molecule has 1 saturated carbocycles. The molecule has 2 fully saturated rings. The lowest BCUT2D eigenvalue weighted by Crippen LogP contribution is -2.45. The van der Waals surface area contributed by atoms with Crippen LogP contribution in [0.15, 0.2) is 4.99 Å². The van der Waals surface area contributed by atoms with E-state index in [9.17, 15) is 14.4 Å². The van der Waals surface area contributed by atoms with Crippen LogP contribution in [0.1, 0.15) is 25.7 Å². The number of hydrogen-bond acceptors (Lipinski definition) is 5. The smallest absolute Gasteiger partial charge is 0.323 e. The van der Waals surface area contributed by atoms with Crippen LogP contribution in [0.4, 0.5) is 4.79 Å². The number of rotatable bonds is 2. The molecule has 0 aromatic heterocycles. The number of amidine groups is 1. The Kier molecular flexibility index (Phi) is 3.41. The number of carbonyl (C=O) groups excluding carboxylic acids is 3. The van der Waals surface area contributed by atoms with Crippen molar-refractivity contribution in [2.75, 3.05) is 18.8 Å². The molecule has 0 aromatic carbocycles. The van der Waals surface area contributed by atoms with Gasteiger partial charge in [0.15, 0.2) is 5.17 Å². The normalized spacial score (nSPS) is 24.2. The third kappa shape index (κ3) is 2.28. The van der Waals surface area contributed by atoms with E-state index in [0.717, 1.165) is 23.5 Å². The second kappa shape index (κ2) is 5.08. The second-order valence-electron chi connectivity index (χ2n) is 5.19. The van der Waals surface area contributed by atoms with Crippen molar-refractivity contribution in [1.29, 1.82) is 0 Å². The summed E-state index contributed by atoms with van der Waals surface area (Å²) < 4.78 is 0. The average Bonchev–Trinajstić information content (AvgIpc) is 3.10. The molecule has 1 aliphatic carbocycles.